The number of benzene rings is 8. The summed E-state index contributed by atoms with van der Waals surface area (Å²) in [5.74, 6) is 1.69. The van der Waals surface area contributed by atoms with Gasteiger partial charge in [0.15, 0.2) is 0 Å². The van der Waals surface area contributed by atoms with Crippen molar-refractivity contribution >= 4 is 88.2 Å². The van der Waals surface area contributed by atoms with Gasteiger partial charge in [0, 0.05) is 116 Å². The number of nitrogens with zero attached hydrogens (tertiary/aromatic N) is 6. The summed E-state index contributed by atoms with van der Waals surface area (Å²) in [5.41, 5.74) is 9.82. The topological polar surface area (TPSA) is 43.4 Å². The molecule has 1 aliphatic rings. The quantitative estimate of drug-likeness (QED) is 0.149. The minimum Gasteiger partial charge on any atom is -0.509 e. The Hall–Kier alpha value is -7.60. The Morgan fingerprint density at radius 2 is 1.11 bits per heavy atom. The number of para-hydroxylation sites is 3. The van der Waals surface area contributed by atoms with Gasteiger partial charge >= 0.3 is 0 Å². The molecular formula is C67H59N6OPt-3. The summed E-state index contributed by atoms with van der Waals surface area (Å²) < 4.78 is 67.1. The van der Waals surface area contributed by atoms with Crippen molar-refractivity contribution in [2.24, 2.45) is 14.0 Å². The molecule has 75 heavy (non-hydrogen) atoms. The number of fused-ring (bicyclic) bond motifs is 10. The van der Waals surface area contributed by atoms with Gasteiger partial charge in [-0.1, -0.05) is 134 Å². The molecular weight excluding hydrogens is 1100 g/mol. The zero-order valence-electron chi connectivity index (χ0n) is 49.2. The number of aromatic nitrogens is 4. The Kier molecular flexibility index (Phi) is 9.73. The molecule has 0 saturated carbocycles. The summed E-state index contributed by atoms with van der Waals surface area (Å²) in [6, 6.07) is 61.8. The van der Waals surface area contributed by atoms with Crippen LogP contribution < -0.4 is 14.5 Å². The maximum Gasteiger partial charge on any atom is 0.135 e. The van der Waals surface area contributed by atoms with Crippen molar-refractivity contribution in [2.75, 3.05) is 9.80 Å². The van der Waals surface area contributed by atoms with Crippen LogP contribution in [0.5, 0.6) is 11.5 Å². The van der Waals surface area contributed by atoms with Crippen molar-refractivity contribution in [2.45, 2.75) is 71.6 Å². The first-order valence-corrected chi connectivity index (χ1v) is 25.3. The van der Waals surface area contributed by atoms with Gasteiger partial charge in [0.05, 0.1) is 16.7 Å². The molecule has 0 bridgehead atoms. The van der Waals surface area contributed by atoms with Gasteiger partial charge in [0.25, 0.3) is 0 Å². The van der Waals surface area contributed by atoms with E-state index < -0.39 is 14.0 Å². The fraction of sp³-hybridized carbons (Fsp3) is 0.194. The van der Waals surface area contributed by atoms with E-state index in [1.807, 2.05) is 120 Å². The molecule has 376 valence electrons. The molecule has 8 heteroatoms. The number of anilines is 4. The van der Waals surface area contributed by atoms with Crippen LogP contribution in [0.4, 0.5) is 22.7 Å². The van der Waals surface area contributed by atoms with E-state index in [-0.39, 0.29) is 37.3 Å². The molecule has 12 aromatic rings. The number of pyridine rings is 1. The summed E-state index contributed by atoms with van der Waals surface area (Å²) >= 11 is 0. The van der Waals surface area contributed by atoms with E-state index in [0.717, 1.165) is 60.8 Å². The van der Waals surface area contributed by atoms with Gasteiger partial charge in [0.2, 0.25) is 0 Å². The summed E-state index contributed by atoms with van der Waals surface area (Å²) in [7, 11) is 0. The third kappa shape index (κ3) is 7.68. The van der Waals surface area contributed by atoms with Crippen molar-refractivity contribution < 1.29 is 34.0 Å². The van der Waals surface area contributed by atoms with Crippen LogP contribution in [0.15, 0.2) is 170 Å². The molecule has 0 amide bonds. The Balaban J connectivity index is 0.00000651. The van der Waals surface area contributed by atoms with Gasteiger partial charge in [0.1, 0.15) is 5.82 Å². The van der Waals surface area contributed by atoms with Crippen LogP contribution in [0, 0.1) is 18.8 Å². The van der Waals surface area contributed by atoms with Crippen molar-refractivity contribution in [3.8, 4) is 17.3 Å². The molecule has 13 rings (SSSR count). The molecule has 7 nitrogen and oxygen atoms in total. The SMILES string of the molecule is [2H]C([2H])([2H])n1c2ccc(C(C)(C)C)cc2c2cc3c4cc(C(C)(C)C)ccc4n(C([2H])([2H])[2H])c3c(N3[CH-]N(c4[c-]c(Oc5[c-]c6c(cc5)c5ccccc5n6-c5cc(C(C)(C)c6ccccc6)ccn5)ccc4)c4ccccc43)c21.[Pt]. The molecule has 0 saturated heterocycles. The third-order valence-corrected chi connectivity index (χ3v) is 15.3. The Morgan fingerprint density at radius 3 is 1.76 bits per heavy atom. The first-order valence-electron chi connectivity index (χ1n) is 28.3. The van der Waals surface area contributed by atoms with E-state index in [9.17, 15) is 8.22 Å². The Morgan fingerprint density at radius 1 is 0.493 bits per heavy atom. The fourth-order valence-corrected chi connectivity index (χ4v) is 11.2. The van der Waals surface area contributed by atoms with Crippen LogP contribution in [-0.4, -0.2) is 18.7 Å². The minimum absolute atomic E-state index is 0. The molecule has 0 atom stereocenters. The Bertz CT molecular complexity index is 4360. The Labute approximate surface area is 462 Å². The number of ether oxygens (including phenoxy) is 1. The third-order valence-electron chi connectivity index (χ3n) is 15.3. The second-order valence-corrected chi connectivity index (χ2v) is 22.3. The van der Waals surface area contributed by atoms with Crippen molar-refractivity contribution in [1.82, 2.24) is 18.7 Å². The maximum absolute atomic E-state index is 9.22. The molecule has 8 aromatic carbocycles. The molecule has 0 spiro atoms. The van der Waals surface area contributed by atoms with E-state index in [1.165, 1.54) is 14.7 Å². The first kappa shape index (κ1) is 41.7. The van der Waals surface area contributed by atoms with Crippen LogP contribution >= 0.6 is 0 Å². The van der Waals surface area contributed by atoms with Crippen molar-refractivity contribution in [1.29, 1.82) is 0 Å². The van der Waals surface area contributed by atoms with E-state index in [0.29, 0.717) is 61.4 Å². The van der Waals surface area contributed by atoms with Crippen LogP contribution in [-0.2, 0) is 51.3 Å². The maximum atomic E-state index is 9.22. The minimum atomic E-state index is -2.67. The molecule has 4 aromatic heterocycles. The smallest absolute Gasteiger partial charge is 0.135 e. The largest absolute Gasteiger partial charge is 0.509 e. The van der Waals surface area contributed by atoms with Crippen LogP contribution in [0.1, 0.15) is 85.9 Å². The summed E-state index contributed by atoms with van der Waals surface area (Å²) in [6.07, 6.45) is 1.87. The van der Waals surface area contributed by atoms with E-state index >= 15 is 0 Å². The van der Waals surface area contributed by atoms with Gasteiger partial charge < -0.3 is 28.2 Å². The van der Waals surface area contributed by atoms with E-state index in [1.54, 1.807) is 0 Å². The molecule has 0 aliphatic carbocycles. The normalized spacial score (nSPS) is 14.8. The summed E-state index contributed by atoms with van der Waals surface area (Å²) in [6.45, 7) is 13.9. The summed E-state index contributed by atoms with van der Waals surface area (Å²) in [5, 5.41) is 5.01. The predicted octanol–water partition coefficient (Wildman–Crippen LogP) is 17.2. The number of rotatable bonds is 7. The second-order valence-electron chi connectivity index (χ2n) is 22.3. The predicted molar refractivity (Wildman–Crippen MR) is 308 cm³/mol. The molecule has 0 unspecified atom stereocenters. The number of hydrogen-bond acceptors (Lipinski definition) is 4. The van der Waals surface area contributed by atoms with Crippen LogP contribution in [0.2, 0.25) is 0 Å². The fourth-order valence-electron chi connectivity index (χ4n) is 11.2. The second kappa shape index (κ2) is 17.5. The monoisotopic (exact) mass is 1160 g/mol. The van der Waals surface area contributed by atoms with Crippen molar-refractivity contribution in [3.63, 3.8) is 0 Å². The molecule has 5 heterocycles. The number of aryl methyl sites for hydroxylation is 2. The van der Waals surface area contributed by atoms with Crippen molar-refractivity contribution in [3.05, 3.63) is 211 Å². The van der Waals surface area contributed by atoms with E-state index in [4.69, 9.17) is 9.72 Å². The zero-order chi connectivity index (χ0) is 56.0. The number of hydrogen-bond donors (Lipinski definition) is 0. The average Bonchev–Trinajstić information content (AvgIpc) is 4.24. The standard InChI is InChI=1S/C67H59N6O.Pt/c1-65(2,3)43-27-31-55-51(35-43)53-40-54-52-36-44(66(4,5)6)28-32-56(52)70(10)63(54)64(62(53)69(55)9)72-41-71(58-25-16-17-26-59(58)72)46-21-18-22-47(38-46)74-48-29-30-50-49-23-14-15-24-57(49)73(60(50)39-48)61-37-45(33-34-68-61)67(7,8)42-19-12-11-13-20-42;/h11-37,40-41H,1-10H3;/q-3;/i9D3,10D3;. The van der Waals surface area contributed by atoms with E-state index in [2.05, 4.69) is 139 Å². The first-order chi connectivity index (χ1) is 38.0. The summed E-state index contributed by atoms with van der Waals surface area (Å²) in [4.78, 5) is 8.90. The van der Waals surface area contributed by atoms with Crippen LogP contribution in [0.25, 0.3) is 71.2 Å². The molecule has 0 radical (unpaired) electrons. The zero-order valence-corrected chi connectivity index (χ0v) is 45.4. The van der Waals surface area contributed by atoms with Gasteiger partial charge in [-0.05, 0) is 99.1 Å². The van der Waals surface area contributed by atoms with Gasteiger partial charge in [-0.15, -0.1) is 48.1 Å². The molecule has 1 aliphatic heterocycles. The molecule has 0 N–H and O–H groups in total. The van der Waals surface area contributed by atoms with Gasteiger partial charge in [-0.25, -0.2) is 4.98 Å². The van der Waals surface area contributed by atoms with Gasteiger partial charge in [-0.2, -0.15) is 12.1 Å². The molecule has 0 fully saturated rings. The van der Waals surface area contributed by atoms with Crippen LogP contribution in [0.3, 0.4) is 0 Å². The van der Waals surface area contributed by atoms with Gasteiger partial charge in [-0.3, -0.25) is 0 Å². The average molecular weight is 1170 g/mol.